The van der Waals surface area contributed by atoms with Crippen molar-refractivity contribution in [2.45, 2.75) is 57.2 Å². The summed E-state index contributed by atoms with van der Waals surface area (Å²) in [6, 6.07) is 0. The highest BCUT2D eigenvalue weighted by Gasteiger charge is 2.39. The summed E-state index contributed by atoms with van der Waals surface area (Å²) in [5.74, 6) is 1.38. The standard InChI is InChI=1S/C15H25N3O3/c1-2-20-15(6-4-3-5-7-15)14-17-13(21-18-14)10-12-11-16-8-9-19-12/h12,16H,2-11H2,1H3. The van der Waals surface area contributed by atoms with E-state index in [1.165, 1.54) is 19.3 Å². The molecule has 1 saturated heterocycles. The Morgan fingerprint density at radius 3 is 2.90 bits per heavy atom. The van der Waals surface area contributed by atoms with Gasteiger partial charge in [-0.25, -0.2) is 0 Å². The van der Waals surface area contributed by atoms with Gasteiger partial charge in [0.25, 0.3) is 0 Å². The second kappa shape index (κ2) is 6.85. The second-order valence-corrected chi connectivity index (χ2v) is 5.90. The van der Waals surface area contributed by atoms with Crippen LogP contribution in [0.1, 0.15) is 50.7 Å². The molecule has 1 saturated carbocycles. The maximum absolute atomic E-state index is 6.03. The second-order valence-electron chi connectivity index (χ2n) is 5.90. The molecule has 2 aliphatic rings. The van der Waals surface area contributed by atoms with Crippen molar-refractivity contribution in [1.29, 1.82) is 0 Å². The summed E-state index contributed by atoms with van der Waals surface area (Å²) in [6.45, 7) is 5.21. The predicted octanol–water partition coefficient (Wildman–Crippen LogP) is 1.80. The van der Waals surface area contributed by atoms with Gasteiger partial charge >= 0.3 is 0 Å². The zero-order chi connectivity index (χ0) is 14.5. The topological polar surface area (TPSA) is 69.4 Å². The molecule has 118 valence electrons. The zero-order valence-corrected chi connectivity index (χ0v) is 12.8. The molecular weight excluding hydrogens is 270 g/mol. The lowest BCUT2D eigenvalue weighted by atomic mass is 9.84. The van der Waals surface area contributed by atoms with Crippen molar-refractivity contribution in [3.8, 4) is 0 Å². The SMILES string of the molecule is CCOC1(c2noc(CC3CNCCO3)n2)CCCCC1. The number of rotatable bonds is 5. The van der Waals surface area contributed by atoms with Crippen molar-refractivity contribution in [3.05, 3.63) is 11.7 Å². The molecule has 21 heavy (non-hydrogen) atoms. The molecule has 0 aromatic carbocycles. The molecule has 6 nitrogen and oxygen atoms in total. The fourth-order valence-corrected chi connectivity index (χ4v) is 3.30. The van der Waals surface area contributed by atoms with Crippen LogP contribution in [0.3, 0.4) is 0 Å². The van der Waals surface area contributed by atoms with Crippen LogP contribution in [0.4, 0.5) is 0 Å². The van der Waals surface area contributed by atoms with E-state index in [1.807, 2.05) is 6.92 Å². The molecule has 0 amide bonds. The average molecular weight is 295 g/mol. The summed E-state index contributed by atoms with van der Waals surface area (Å²) in [5, 5.41) is 7.52. The molecule has 2 heterocycles. The number of ether oxygens (including phenoxy) is 2. The summed E-state index contributed by atoms with van der Waals surface area (Å²) >= 11 is 0. The first-order valence-electron chi connectivity index (χ1n) is 8.12. The summed E-state index contributed by atoms with van der Waals surface area (Å²) in [4.78, 5) is 4.61. The minimum atomic E-state index is -0.333. The number of hydrogen-bond donors (Lipinski definition) is 1. The molecule has 1 aliphatic heterocycles. The third-order valence-electron chi connectivity index (χ3n) is 4.36. The van der Waals surface area contributed by atoms with Gasteiger partial charge in [0.1, 0.15) is 5.60 Å². The quantitative estimate of drug-likeness (QED) is 0.893. The van der Waals surface area contributed by atoms with E-state index in [2.05, 4.69) is 15.5 Å². The monoisotopic (exact) mass is 295 g/mol. The highest BCUT2D eigenvalue weighted by Crippen LogP contribution is 2.39. The summed E-state index contributed by atoms with van der Waals surface area (Å²) in [6.07, 6.45) is 6.37. The molecule has 1 aromatic rings. The Hall–Kier alpha value is -0.980. The van der Waals surface area contributed by atoms with E-state index in [1.54, 1.807) is 0 Å². The Balaban J connectivity index is 1.69. The van der Waals surface area contributed by atoms with E-state index in [9.17, 15) is 0 Å². The average Bonchev–Trinajstić information content (AvgIpc) is 2.99. The van der Waals surface area contributed by atoms with Gasteiger partial charge in [-0.1, -0.05) is 24.4 Å². The van der Waals surface area contributed by atoms with Gasteiger partial charge in [0, 0.05) is 19.7 Å². The zero-order valence-electron chi connectivity index (χ0n) is 12.8. The molecule has 1 unspecified atom stereocenters. The van der Waals surface area contributed by atoms with Crippen molar-refractivity contribution in [3.63, 3.8) is 0 Å². The van der Waals surface area contributed by atoms with Crippen molar-refractivity contribution >= 4 is 0 Å². The van der Waals surface area contributed by atoms with Gasteiger partial charge in [0.2, 0.25) is 11.7 Å². The van der Waals surface area contributed by atoms with Crippen LogP contribution in [-0.2, 0) is 21.5 Å². The lowest BCUT2D eigenvalue weighted by molar-refractivity contribution is -0.0777. The van der Waals surface area contributed by atoms with Gasteiger partial charge in [-0.15, -0.1) is 0 Å². The predicted molar refractivity (Wildman–Crippen MR) is 77.0 cm³/mol. The molecule has 0 radical (unpaired) electrons. The molecule has 1 aliphatic carbocycles. The number of morpholine rings is 1. The third-order valence-corrected chi connectivity index (χ3v) is 4.36. The molecular formula is C15H25N3O3. The van der Waals surface area contributed by atoms with Crippen molar-refractivity contribution in [2.75, 3.05) is 26.3 Å². The largest absolute Gasteiger partial charge is 0.375 e. The molecule has 1 N–H and O–H groups in total. The molecule has 1 aromatic heterocycles. The molecule has 2 fully saturated rings. The Kier molecular flexibility index (Phi) is 4.87. The van der Waals surface area contributed by atoms with E-state index < -0.39 is 0 Å². The van der Waals surface area contributed by atoms with Crippen LogP contribution in [0.5, 0.6) is 0 Å². The van der Waals surface area contributed by atoms with Gasteiger partial charge in [0.05, 0.1) is 19.1 Å². The Bertz CT molecular complexity index is 432. The Morgan fingerprint density at radius 1 is 1.33 bits per heavy atom. The lowest BCUT2D eigenvalue weighted by Gasteiger charge is -2.33. The molecule has 1 atom stereocenters. The summed E-state index contributed by atoms with van der Waals surface area (Å²) in [7, 11) is 0. The number of nitrogens with zero attached hydrogens (tertiary/aromatic N) is 2. The van der Waals surface area contributed by atoms with Gasteiger partial charge in [-0.05, 0) is 19.8 Å². The normalized spacial score (nSPS) is 25.9. The van der Waals surface area contributed by atoms with Gasteiger partial charge < -0.3 is 19.3 Å². The minimum Gasteiger partial charge on any atom is -0.375 e. The number of aromatic nitrogens is 2. The van der Waals surface area contributed by atoms with Crippen LogP contribution in [0.15, 0.2) is 4.52 Å². The number of hydrogen-bond acceptors (Lipinski definition) is 6. The van der Waals surface area contributed by atoms with E-state index in [0.29, 0.717) is 18.9 Å². The van der Waals surface area contributed by atoms with Crippen molar-refractivity contribution < 1.29 is 14.0 Å². The van der Waals surface area contributed by atoms with E-state index in [4.69, 9.17) is 14.0 Å². The lowest BCUT2D eigenvalue weighted by Crippen LogP contribution is -2.39. The first-order chi connectivity index (χ1) is 10.3. The van der Waals surface area contributed by atoms with Crippen LogP contribution in [0.2, 0.25) is 0 Å². The maximum Gasteiger partial charge on any atom is 0.229 e. The van der Waals surface area contributed by atoms with Crippen LogP contribution in [0, 0.1) is 0 Å². The molecule has 6 heteroatoms. The smallest absolute Gasteiger partial charge is 0.229 e. The van der Waals surface area contributed by atoms with Crippen LogP contribution in [0.25, 0.3) is 0 Å². The van der Waals surface area contributed by atoms with Crippen LogP contribution in [-0.4, -0.2) is 42.5 Å². The van der Waals surface area contributed by atoms with Gasteiger partial charge in [-0.2, -0.15) is 4.98 Å². The number of nitrogens with one attached hydrogen (secondary N) is 1. The Morgan fingerprint density at radius 2 is 2.19 bits per heavy atom. The van der Waals surface area contributed by atoms with Crippen LogP contribution < -0.4 is 5.32 Å². The summed E-state index contributed by atoms with van der Waals surface area (Å²) in [5.41, 5.74) is -0.333. The third kappa shape index (κ3) is 3.44. The van der Waals surface area contributed by atoms with Crippen molar-refractivity contribution in [2.24, 2.45) is 0 Å². The first kappa shape index (κ1) is 14.9. The Labute approximate surface area is 125 Å². The fourth-order valence-electron chi connectivity index (χ4n) is 3.30. The van der Waals surface area contributed by atoms with E-state index >= 15 is 0 Å². The van der Waals surface area contributed by atoms with Gasteiger partial charge in [0.15, 0.2) is 0 Å². The molecule has 0 spiro atoms. The summed E-state index contributed by atoms with van der Waals surface area (Å²) < 4.78 is 17.2. The molecule has 3 rings (SSSR count). The minimum absolute atomic E-state index is 0.126. The fraction of sp³-hybridized carbons (Fsp3) is 0.867. The highest BCUT2D eigenvalue weighted by molar-refractivity contribution is 5.04. The molecule has 0 bridgehead atoms. The van der Waals surface area contributed by atoms with E-state index in [-0.39, 0.29) is 11.7 Å². The highest BCUT2D eigenvalue weighted by atomic mass is 16.5. The van der Waals surface area contributed by atoms with Crippen LogP contribution >= 0.6 is 0 Å². The van der Waals surface area contributed by atoms with Crippen molar-refractivity contribution in [1.82, 2.24) is 15.5 Å². The van der Waals surface area contributed by atoms with Gasteiger partial charge in [-0.3, -0.25) is 0 Å². The van der Waals surface area contributed by atoms with E-state index in [0.717, 1.165) is 38.4 Å². The maximum atomic E-state index is 6.03. The first-order valence-corrected chi connectivity index (χ1v) is 8.12.